The number of nitrogens with zero attached hydrogens (tertiary/aromatic N) is 2. The van der Waals surface area contributed by atoms with Crippen LogP contribution in [0.1, 0.15) is 30.3 Å². The molecule has 3 aromatic rings. The highest BCUT2D eigenvalue weighted by Gasteiger charge is 2.37. The molecule has 1 aliphatic rings. The van der Waals surface area contributed by atoms with Crippen molar-refractivity contribution in [1.82, 2.24) is 9.88 Å². The van der Waals surface area contributed by atoms with Gasteiger partial charge in [0.05, 0.1) is 21.3 Å². The van der Waals surface area contributed by atoms with E-state index >= 15 is 0 Å². The van der Waals surface area contributed by atoms with E-state index in [-0.39, 0.29) is 12.1 Å². The molecule has 3 heterocycles. The highest BCUT2D eigenvalue weighted by atomic mass is 32.1. The molecule has 0 radical (unpaired) electrons. The molecule has 0 fully saturated rings. The van der Waals surface area contributed by atoms with Crippen molar-refractivity contribution in [3.05, 3.63) is 34.7 Å². The Labute approximate surface area is 147 Å². The standard InChI is InChI=1S/C17H17N3O2S2/c1-8-7-10-13(16-19-11-5-3-4-6-12(11)23-16)15(18)24-14(10)9(2)20(8)17(21)22/h3-6,8-9H,7,18H2,1-2H3,(H,21,22). The number of fused-ring (bicyclic) bond motifs is 2. The van der Waals surface area contributed by atoms with Crippen LogP contribution in [0.5, 0.6) is 0 Å². The first-order valence-electron chi connectivity index (χ1n) is 7.75. The lowest BCUT2D eigenvalue weighted by atomic mass is 9.94. The third-order valence-corrected chi connectivity index (χ3v) is 6.85. The van der Waals surface area contributed by atoms with Crippen LogP contribution in [0.15, 0.2) is 24.3 Å². The fourth-order valence-corrected chi connectivity index (χ4v) is 5.78. The van der Waals surface area contributed by atoms with Crippen molar-refractivity contribution in [3.8, 4) is 10.6 Å². The molecular weight excluding hydrogens is 342 g/mol. The molecule has 1 amide bonds. The van der Waals surface area contributed by atoms with Gasteiger partial charge in [-0.05, 0) is 38.0 Å². The Morgan fingerprint density at radius 3 is 2.79 bits per heavy atom. The lowest BCUT2D eigenvalue weighted by molar-refractivity contribution is 0.102. The molecule has 2 aromatic heterocycles. The summed E-state index contributed by atoms with van der Waals surface area (Å²) in [6, 6.07) is 7.78. The Bertz CT molecular complexity index is 914. The molecule has 1 aliphatic heterocycles. The topological polar surface area (TPSA) is 79.5 Å². The van der Waals surface area contributed by atoms with E-state index in [0.29, 0.717) is 6.42 Å². The van der Waals surface area contributed by atoms with Crippen LogP contribution in [0.2, 0.25) is 0 Å². The van der Waals surface area contributed by atoms with E-state index in [9.17, 15) is 9.90 Å². The monoisotopic (exact) mass is 359 g/mol. The van der Waals surface area contributed by atoms with Gasteiger partial charge in [-0.2, -0.15) is 0 Å². The van der Waals surface area contributed by atoms with Crippen molar-refractivity contribution in [1.29, 1.82) is 0 Å². The zero-order valence-corrected chi connectivity index (χ0v) is 14.9. The summed E-state index contributed by atoms with van der Waals surface area (Å²) >= 11 is 3.13. The number of thiophene rings is 1. The zero-order chi connectivity index (χ0) is 17.0. The number of carbonyl (C=O) groups is 1. The Hall–Kier alpha value is -2.12. The van der Waals surface area contributed by atoms with Crippen molar-refractivity contribution < 1.29 is 9.90 Å². The SMILES string of the molecule is CC1Cc2c(sc(N)c2-c2nc3ccccc3s2)C(C)N1C(=O)O. The second-order valence-corrected chi connectivity index (χ2v) is 8.20. The molecule has 1 aromatic carbocycles. The van der Waals surface area contributed by atoms with Crippen LogP contribution in [-0.4, -0.2) is 27.1 Å². The number of benzene rings is 1. The number of rotatable bonds is 1. The molecule has 3 N–H and O–H groups in total. The number of amides is 1. The van der Waals surface area contributed by atoms with Gasteiger partial charge < -0.3 is 10.8 Å². The van der Waals surface area contributed by atoms with Crippen LogP contribution in [-0.2, 0) is 6.42 Å². The molecular formula is C17H17N3O2S2. The lowest BCUT2D eigenvalue weighted by Crippen LogP contribution is -2.43. The summed E-state index contributed by atoms with van der Waals surface area (Å²) in [5.74, 6) is 0. The van der Waals surface area contributed by atoms with Gasteiger partial charge in [0.15, 0.2) is 0 Å². The van der Waals surface area contributed by atoms with E-state index in [1.54, 1.807) is 11.3 Å². The minimum absolute atomic E-state index is 0.0767. The summed E-state index contributed by atoms with van der Waals surface area (Å²) in [5, 5.41) is 11.1. The normalized spacial score (nSPS) is 20.3. The Morgan fingerprint density at radius 2 is 2.08 bits per heavy atom. The third kappa shape index (κ3) is 2.19. The first-order valence-corrected chi connectivity index (χ1v) is 9.39. The van der Waals surface area contributed by atoms with E-state index in [1.807, 2.05) is 32.0 Å². The van der Waals surface area contributed by atoms with Crippen molar-refractivity contribution in [2.75, 3.05) is 5.73 Å². The molecule has 0 saturated carbocycles. The second kappa shape index (κ2) is 5.46. The van der Waals surface area contributed by atoms with Crippen LogP contribution in [0.3, 0.4) is 0 Å². The third-order valence-electron chi connectivity index (χ3n) is 4.57. The number of nitrogen functional groups attached to an aromatic ring is 1. The predicted molar refractivity (Wildman–Crippen MR) is 98.8 cm³/mol. The van der Waals surface area contributed by atoms with E-state index in [1.165, 1.54) is 16.2 Å². The maximum Gasteiger partial charge on any atom is 0.408 e. The maximum absolute atomic E-state index is 11.6. The van der Waals surface area contributed by atoms with E-state index in [0.717, 1.165) is 36.2 Å². The van der Waals surface area contributed by atoms with Gasteiger partial charge >= 0.3 is 6.09 Å². The van der Waals surface area contributed by atoms with Crippen molar-refractivity contribution in [3.63, 3.8) is 0 Å². The number of nitrogens with two attached hydrogens (primary N) is 1. The Kier molecular flexibility index (Phi) is 3.51. The Morgan fingerprint density at radius 1 is 1.33 bits per heavy atom. The number of anilines is 1. The molecule has 0 aliphatic carbocycles. The van der Waals surface area contributed by atoms with E-state index in [2.05, 4.69) is 6.07 Å². The number of hydrogen-bond donors (Lipinski definition) is 2. The molecule has 0 saturated heterocycles. The fourth-order valence-electron chi connectivity index (χ4n) is 3.51. The van der Waals surface area contributed by atoms with Gasteiger partial charge in [-0.15, -0.1) is 22.7 Å². The zero-order valence-electron chi connectivity index (χ0n) is 13.3. The molecule has 124 valence electrons. The number of hydrogen-bond acceptors (Lipinski definition) is 5. The minimum atomic E-state index is -0.880. The summed E-state index contributed by atoms with van der Waals surface area (Å²) in [6.07, 6.45) is -0.209. The van der Waals surface area contributed by atoms with Crippen LogP contribution < -0.4 is 5.73 Å². The summed E-state index contributed by atoms with van der Waals surface area (Å²) in [4.78, 5) is 18.9. The number of para-hydroxylation sites is 1. The summed E-state index contributed by atoms with van der Waals surface area (Å²) in [6.45, 7) is 3.88. The summed E-state index contributed by atoms with van der Waals surface area (Å²) in [5.41, 5.74) is 9.46. The molecule has 7 heteroatoms. The molecule has 0 bridgehead atoms. The fraction of sp³-hybridized carbons (Fsp3) is 0.294. The largest absolute Gasteiger partial charge is 0.465 e. The molecule has 2 unspecified atom stereocenters. The van der Waals surface area contributed by atoms with Crippen molar-refractivity contribution in [2.24, 2.45) is 0 Å². The molecule has 0 spiro atoms. The van der Waals surface area contributed by atoms with Crippen molar-refractivity contribution >= 4 is 44.0 Å². The summed E-state index contributed by atoms with van der Waals surface area (Å²) < 4.78 is 1.14. The van der Waals surface area contributed by atoms with Gasteiger partial charge in [-0.3, -0.25) is 4.90 Å². The van der Waals surface area contributed by atoms with Crippen LogP contribution >= 0.6 is 22.7 Å². The van der Waals surface area contributed by atoms with Crippen LogP contribution in [0, 0.1) is 0 Å². The summed E-state index contributed by atoms with van der Waals surface area (Å²) in [7, 11) is 0. The highest BCUT2D eigenvalue weighted by molar-refractivity contribution is 7.22. The number of carboxylic acid groups (broad SMARTS) is 1. The van der Waals surface area contributed by atoms with Crippen LogP contribution in [0.25, 0.3) is 20.8 Å². The Balaban J connectivity index is 1.87. The van der Waals surface area contributed by atoms with Gasteiger partial charge in [0.25, 0.3) is 0 Å². The maximum atomic E-state index is 11.6. The van der Waals surface area contributed by atoms with Gasteiger partial charge in [-0.25, -0.2) is 9.78 Å². The van der Waals surface area contributed by atoms with Crippen molar-refractivity contribution in [2.45, 2.75) is 32.4 Å². The quantitative estimate of drug-likeness (QED) is 0.666. The number of thiazole rings is 1. The predicted octanol–water partition coefficient (Wildman–Crippen LogP) is 4.59. The molecule has 2 atom stereocenters. The van der Waals surface area contributed by atoms with E-state index < -0.39 is 6.09 Å². The van der Waals surface area contributed by atoms with E-state index in [4.69, 9.17) is 10.7 Å². The average molecular weight is 359 g/mol. The smallest absolute Gasteiger partial charge is 0.408 e. The second-order valence-electron chi connectivity index (χ2n) is 6.09. The first-order chi connectivity index (χ1) is 11.5. The highest BCUT2D eigenvalue weighted by Crippen LogP contribution is 2.48. The lowest BCUT2D eigenvalue weighted by Gasteiger charge is -2.36. The van der Waals surface area contributed by atoms with Crippen LogP contribution in [0.4, 0.5) is 9.80 Å². The van der Waals surface area contributed by atoms with Gasteiger partial charge in [0, 0.05) is 16.5 Å². The molecule has 24 heavy (non-hydrogen) atoms. The first kappa shape index (κ1) is 15.4. The molecule has 4 rings (SSSR count). The van der Waals surface area contributed by atoms with Gasteiger partial charge in [0.1, 0.15) is 5.01 Å². The van der Waals surface area contributed by atoms with Gasteiger partial charge in [0.2, 0.25) is 0 Å². The molecule has 5 nitrogen and oxygen atoms in total. The average Bonchev–Trinajstić information content (AvgIpc) is 3.07. The minimum Gasteiger partial charge on any atom is -0.465 e. The number of aromatic nitrogens is 1. The van der Waals surface area contributed by atoms with Gasteiger partial charge in [-0.1, -0.05) is 12.1 Å².